The molecule has 1 heterocycles. The summed E-state index contributed by atoms with van der Waals surface area (Å²) in [6, 6.07) is 26.2. The van der Waals surface area contributed by atoms with Gasteiger partial charge in [-0.05, 0) is 55.1 Å². The van der Waals surface area contributed by atoms with E-state index in [-0.39, 0.29) is 5.56 Å². The van der Waals surface area contributed by atoms with Crippen LogP contribution in [0.15, 0.2) is 83.7 Å². The standard InChI is InChI=1S/C28H30N2O2/c1-20-8-7-9-22(14-20)17-30-26-15-21(2)12-13-24(26)16-25(28(30)32)18-29(3)19-27(31)23-10-5-4-6-11-23/h4-16,27,31H,17-19H2,1-3H3/t27-/m1/s1. The first-order chi connectivity index (χ1) is 15.4. The highest BCUT2D eigenvalue weighted by Gasteiger charge is 2.15. The number of pyridine rings is 1. The average Bonchev–Trinajstić information content (AvgIpc) is 2.77. The molecule has 0 aliphatic carbocycles. The van der Waals surface area contributed by atoms with Gasteiger partial charge in [0.1, 0.15) is 0 Å². The molecule has 0 bridgehead atoms. The molecule has 0 unspecified atom stereocenters. The number of aliphatic hydroxyl groups excluding tert-OH is 1. The summed E-state index contributed by atoms with van der Waals surface area (Å²) in [7, 11) is 1.94. The third-order valence-electron chi connectivity index (χ3n) is 5.86. The van der Waals surface area contributed by atoms with E-state index in [1.54, 1.807) is 0 Å². The molecule has 0 fully saturated rings. The Balaban J connectivity index is 1.66. The molecule has 32 heavy (non-hydrogen) atoms. The number of aryl methyl sites for hydroxylation is 2. The molecule has 0 amide bonds. The number of rotatable bonds is 7. The molecule has 1 aromatic heterocycles. The second-order valence-electron chi connectivity index (χ2n) is 8.74. The molecule has 4 rings (SSSR count). The van der Waals surface area contributed by atoms with Crippen LogP contribution in [0.5, 0.6) is 0 Å². The maximum Gasteiger partial charge on any atom is 0.255 e. The van der Waals surface area contributed by atoms with E-state index in [1.165, 1.54) is 5.56 Å². The third kappa shape index (κ3) is 4.98. The van der Waals surface area contributed by atoms with E-state index >= 15 is 0 Å². The van der Waals surface area contributed by atoms with Crippen molar-refractivity contribution in [1.82, 2.24) is 9.47 Å². The second-order valence-corrected chi connectivity index (χ2v) is 8.74. The normalized spacial score (nSPS) is 12.4. The van der Waals surface area contributed by atoms with Crippen molar-refractivity contribution in [2.45, 2.75) is 33.0 Å². The van der Waals surface area contributed by atoms with Crippen molar-refractivity contribution in [2.75, 3.05) is 13.6 Å². The lowest BCUT2D eigenvalue weighted by molar-refractivity contribution is 0.123. The molecule has 0 spiro atoms. The van der Waals surface area contributed by atoms with E-state index in [0.717, 1.165) is 33.2 Å². The zero-order chi connectivity index (χ0) is 22.7. The fraction of sp³-hybridized carbons (Fsp3) is 0.250. The van der Waals surface area contributed by atoms with E-state index < -0.39 is 6.10 Å². The van der Waals surface area contributed by atoms with Crippen molar-refractivity contribution >= 4 is 10.9 Å². The zero-order valence-corrected chi connectivity index (χ0v) is 19.0. The highest BCUT2D eigenvalue weighted by Crippen LogP contribution is 2.19. The van der Waals surface area contributed by atoms with E-state index in [1.807, 2.05) is 65.9 Å². The van der Waals surface area contributed by atoms with Crippen LogP contribution in [0.1, 0.15) is 33.9 Å². The van der Waals surface area contributed by atoms with Crippen molar-refractivity contribution in [3.63, 3.8) is 0 Å². The lowest BCUT2D eigenvalue weighted by Crippen LogP contribution is -2.31. The zero-order valence-electron chi connectivity index (χ0n) is 19.0. The first-order valence-corrected chi connectivity index (χ1v) is 11.0. The van der Waals surface area contributed by atoms with Crippen LogP contribution in [-0.4, -0.2) is 28.2 Å². The second kappa shape index (κ2) is 9.51. The monoisotopic (exact) mass is 426 g/mol. The number of aliphatic hydroxyl groups is 1. The summed E-state index contributed by atoms with van der Waals surface area (Å²) < 4.78 is 1.88. The smallest absolute Gasteiger partial charge is 0.255 e. The molecule has 164 valence electrons. The van der Waals surface area contributed by atoms with Gasteiger partial charge in [-0.15, -0.1) is 0 Å². The minimum atomic E-state index is -0.598. The highest BCUT2D eigenvalue weighted by atomic mass is 16.3. The summed E-state index contributed by atoms with van der Waals surface area (Å²) in [6.07, 6.45) is -0.598. The summed E-state index contributed by atoms with van der Waals surface area (Å²) in [5, 5.41) is 11.6. The molecule has 4 heteroatoms. The summed E-state index contributed by atoms with van der Waals surface area (Å²) in [5.41, 5.74) is 6.01. The minimum absolute atomic E-state index is 0.0191. The van der Waals surface area contributed by atoms with Crippen molar-refractivity contribution in [3.8, 4) is 0 Å². The maximum absolute atomic E-state index is 13.5. The molecule has 3 aromatic carbocycles. The SMILES string of the molecule is Cc1cccc(Cn2c(=O)c(CN(C)C[C@@H](O)c3ccccc3)cc3ccc(C)cc32)c1. The summed E-state index contributed by atoms with van der Waals surface area (Å²) in [6.45, 7) is 5.57. The van der Waals surface area contributed by atoms with E-state index in [4.69, 9.17) is 0 Å². The van der Waals surface area contributed by atoms with E-state index in [0.29, 0.717) is 19.6 Å². The first kappa shape index (κ1) is 22.0. The van der Waals surface area contributed by atoms with Gasteiger partial charge in [0.25, 0.3) is 5.56 Å². The van der Waals surface area contributed by atoms with Crippen LogP contribution in [0.3, 0.4) is 0 Å². The Bertz CT molecular complexity index is 1280. The molecule has 4 aromatic rings. The number of hydrogen-bond donors (Lipinski definition) is 1. The van der Waals surface area contributed by atoms with Gasteiger partial charge in [0.05, 0.1) is 18.2 Å². The van der Waals surface area contributed by atoms with Gasteiger partial charge >= 0.3 is 0 Å². The van der Waals surface area contributed by atoms with Crippen LogP contribution in [0, 0.1) is 13.8 Å². The number of fused-ring (bicyclic) bond motifs is 1. The van der Waals surface area contributed by atoms with Gasteiger partial charge in [-0.3, -0.25) is 9.69 Å². The quantitative estimate of drug-likeness (QED) is 0.460. The number of hydrogen-bond acceptors (Lipinski definition) is 3. The number of nitrogens with zero attached hydrogens (tertiary/aromatic N) is 2. The van der Waals surface area contributed by atoms with Crippen molar-refractivity contribution in [2.24, 2.45) is 0 Å². The Labute approximate surface area is 189 Å². The predicted octanol–water partition coefficient (Wildman–Crippen LogP) is 4.83. The topological polar surface area (TPSA) is 45.5 Å². The van der Waals surface area contributed by atoms with Gasteiger partial charge in [-0.25, -0.2) is 0 Å². The number of aromatic nitrogens is 1. The van der Waals surface area contributed by atoms with Gasteiger partial charge in [0.15, 0.2) is 0 Å². The Hall–Kier alpha value is -3.21. The first-order valence-electron chi connectivity index (χ1n) is 11.0. The van der Waals surface area contributed by atoms with Gasteiger partial charge < -0.3 is 9.67 Å². The Kier molecular flexibility index (Phi) is 6.54. The van der Waals surface area contributed by atoms with Gasteiger partial charge in [0, 0.05) is 18.7 Å². The van der Waals surface area contributed by atoms with Crippen LogP contribution in [-0.2, 0) is 13.1 Å². The lowest BCUT2D eigenvalue weighted by Gasteiger charge is -2.22. The Morgan fingerprint density at radius 1 is 0.906 bits per heavy atom. The highest BCUT2D eigenvalue weighted by molar-refractivity contribution is 5.80. The van der Waals surface area contributed by atoms with Crippen LogP contribution in [0.2, 0.25) is 0 Å². The van der Waals surface area contributed by atoms with Crippen LogP contribution < -0.4 is 5.56 Å². The molecule has 0 saturated heterocycles. The maximum atomic E-state index is 13.5. The van der Waals surface area contributed by atoms with Gasteiger partial charge in [0.2, 0.25) is 0 Å². The molecule has 0 aliphatic rings. The summed E-state index contributed by atoms with van der Waals surface area (Å²) in [4.78, 5) is 15.6. The summed E-state index contributed by atoms with van der Waals surface area (Å²) >= 11 is 0. The third-order valence-corrected chi connectivity index (χ3v) is 5.86. The minimum Gasteiger partial charge on any atom is -0.387 e. The van der Waals surface area contributed by atoms with Gasteiger partial charge in [-0.1, -0.05) is 72.3 Å². The molecule has 0 saturated carbocycles. The molecule has 4 nitrogen and oxygen atoms in total. The average molecular weight is 427 g/mol. The Morgan fingerprint density at radius 2 is 1.66 bits per heavy atom. The van der Waals surface area contributed by atoms with Crippen molar-refractivity contribution < 1.29 is 5.11 Å². The molecule has 0 aliphatic heterocycles. The molecular weight excluding hydrogens is 396 g/mol. The van der Waals surface area contributed by atoms with Crippen molar-refractivity contribution in [1.29, 1.82) is 0 Å². The largest absolute Gasteiger partial charge is 0.387 e. The van der Waals surface area contributed by atoms with Gasteiger partial charge in [-0.2, -0.15) is 0 Å². The molecular formula is C28H30N2O2. The molecule has 0 radical (unpaired) electrons. The van der Waals surface area contributed by atoms with Crippen LogP contribution in [0.4, 0.5) is 0 Å². The predicted molar refractivity (Wildman–Crippen MR) is 131 cm³/mol. The fourth-order valence-electron chi connectivity index (χ4n) is 4.24. The van der Waals surface area contributed by atoms with Crippen LogP contribution in [0.25, 0.3) is 10.9 Å². The molecule has 1 atom stereocenters. The Morgan fingerprint density at radius 3 is 2.41 bits per heavy atom. The van der Waals surface area contributed by atoms with Crippen molar-refractivity contribution in [3.05, 3.63) is 117 Å². The van der Waals surface area contributed by atoms with E-state index in [2.05, 4.69) is 43.3 Å². The lowest BCUT2D eigenvalue weighted by atomic mass is 10.1. The number of likely N-dealkylation sites (N-methyl/N-ethyl adjacent to an activating group) is 1. The van der Waals surface area contributed by atoms with Crippen LogP contribution >= 0.6 is 0 Å². The fourth-order valence-corrected chi connectivity index (χ4v) is 4.24. The molecule has 1 N–H and O–H groups in total. The van der Waals surface area contributed by atoms with E-state index in [9.17, 15) is 9.90 Å². The number of benzene rings is 3. The summed E-state index contributed by atoms with van der Waals surface area (Å²) in [5.74, 6) is 0.